The minimum absolute atomic E-state index is 0.291. The lowest BCUT2D eigenvalue weighted by molar-refractivity contribution is 0.461. The number of halogens is 2. The molecule has 4 rings (SSSR count). The van der Waals surface area contributed by atoms with Crippen LogP contribution in [0, 0.1) is 5.82 Å². The first-order chi connectivity index (χ1) is 13.7. The van der Waals surface area contributed by atoms with Gasteiger partial charge in [-0.15, -0.1) is 0 Å². The van der Waals surface area contributed by atoms with Crippen molar-refractivity contribution in [3.8, 4) is 11.4 Å². The molecule has 3 aromatic rings. The number of rotatable bonds is 5. The third-order valence-electron chi connectivity index (χ3n) is 4.79. The Bertz CT molecular complexity index is 945. The summed E-state index contributed by atoms with van der Waals surface area (Å²) in [6, 6.07) is 12.1. The molecule has 0 bridgehead atoms. The van der Waals surface area contributed by atoms with E-state index < -0.39 is 0 Å². The van der Waals surface area contributed by atoms with Gasteiger partial charge in [0.25, 0.3) is 0 Å². The molecule has 28 heavy (non-hydrogen) atoms. The highest BCUT2D eigenvalue weighted by atomic mass is 35.5. The SMILES string of the molecule is Fc1ccc(Nc2cc(-c3ccccn3)nc(NC3CCCCC3)n2)c(Cl)c1. The van der Waals surface area contributed by atoms with Gasteiger partial charge in [0.15, 0.2) is 0 Å². The summed E-state index contributed by atoms with van der Waals surface area (Å²) in [6.45, 7) is 0. The monoisotopic (exact) mass is 397 g/mol. The summed E-state index contributed by atoms with van der Waals surface area (Å²) in [7, 11) is 0. The van der Waals surface area contributed by atoms with E-state index in [9.17, 15) is 4.39 Å². The Hall–Kier alpha value is -2.73. The van der Waals surface area contributed by atoms with Gasteiger partial charge in [-0.25, -0.2) is 9.37 Å². The number of aromatic nitrogens is 3. The van der Waals surface area contributed by atoms with Crippen LogP contribution in [0.5, 0.6) is 0 Å². The molecule has 1 aliphatic rings. The molecule has 0 amide bonds. The van der Waals surface area contributed by atoms with Crippen LogP contribution in [0.2, 0.25) is 5.02 Å². The normalized spacial score (nSPS) is 14.6. The first kappa shape index (κ1) is 18.6. The Kier molecular flexibility index (Phi) is 5.67. The minimum Gasteiger partial charge on any atom is -0.351 e. The standard InChI is InChI=1S/C21H21ClFN5/c22-16-12-14(23)9-10-17(16)26-20-13-19(18-8-4-5-11-24-18)27-21(28-20)25-15-6-2-1-3-7-15/h4-5,8-13,15H,1-3,6-7H2,(H2,25,26,27,28). The highest BCUT2D eigenvalue weighted by Crippen LogP contribution is 2.28. The lowest BCUT2D eigenvalue weighted by atomic mass is 9.96. The van der Waals surface area contributed by atoms with Crippen molar-refractivity contribution in [1.82, 2.24) is 15.0 Å². The van der Waals surface area contributed by atoms with E-state index in [0.29, 0.717) is 34.2 Å². The summed E-state index contributed by atoms with van der Waals surface area (Å²) < 4.78 is 13.3. The van der Waals surface area contributed by atoms with E-state index in [1.54, 1.807) is 12.3 Å². The van der Waals surface area contributed by atoms with Crippen LogP contribution in [0.1, 0.15) is 32.1 Å². The summed E-state index contributed by atoms with van der Waals surface area (Å²) in [6.07, 6.45) is 7.67. The van der Waals surface area contributed by atoms with Crippen molar-refractivity contribution in [2.45, 2.75) is 38.1 Å². The molecule has 0 saturated heterocycles. The average Bonchev–Trinajstić information content (AvgIpc) is 2.71. The Morgan fingerprint density at radius 3 is 2.57 bits per heavy atom. The Labute approximate surface area is 168 Å². The lowest BCUT2D eigenvalue weighted by Crippen LogP contribution is -2.23. The first-order valence-corrected chi connectivity index (χ1v) is 9.84. The Morgan fingerprint density at radius 1 is 0.964 bits per heavy atom. The van der Waals surface area contributed by atoms with Crippen molar-refractivity contribution in [3.05, 3.63) is 59.5 Å². The van der Waals surface area contributed by atoms with Crippen molar-refractivity contribution >= 4 is 29.1 Å². The third-order valence-corrected chi connectivity index (χ3v) is 5.10. The van der Waals surface area contributed by atoms with E-state index in [1.165, 1.54) is 31.4 Å². The molecule has 0 atom stereocenters. The molecule has 0 radical (unpaired) electrons. The predicted molar refractivity (Wildman–Crippen MR) is 110 cm³/mol. The Balaban J connectivity index is 1.66. The van der Waals surface area contributed by atoms with E-state index >= 15 is 0 Å². The summed E-state index contributed by atoms with van der Waals surface area (Å²) in [5.41, 5.74) is 2.04. The molecule has 0 spiro atoms. The summed E-state index contributed by atoms with van der Waals surface area (Å²) in [5.74, 6) is 0.741. The van der Waals surface area contributed by atoms with Gasteiger partial charge in [0.05, 0.1) is 22.1 Å². The third kappa shape index (κ3) is 4.57. The van der Waals surface area contributed by atoms with Gasteiger partial charge in [-0.1, -0.05) is 36.9 Å². The van der Waals surface area contributed by atoms with Crippen LogP contribution in [-0.2, 0) is 0 Å². The van der Waals surface area contributed by atoms with Gasteiger partial charge < -0.3 is 10.6 Å². The van der Waals surface area contributed by atoms with Gasteiger partial charge in [-0.2, -0.15) is 4.98 Å². The van der Waals surface area contributed by atoms with Crippen LogP contribution in [0.15, 0.2) is 48.7 Å². The minimum atomic E-state index is -0.382. The van der Waals surface area contributed by atoms with Crippen LogP contribution in [0.25, 0.3) is 11.4 Å². The molecule has 0 unspecified atom stereocenters. The maximum absolute atomic E-state index is 13.3. The second-order valence-electron chi connectivity index (χ2n) is 6.91. The maximum atomic E-state index is 13.3. The summed E-state index contributed by atoms with van der Waals surface area (Å²) in [5, 5.41) is 6.92. The van der Waals surface area contributed by atoms with Gasteiger partial charge in [0, 0.05) is 18.3 Å². The molecular weight excluding hydrogens is 377 g/mol. The molecule has 2 aromatic heterocycles. The fourth-order valence-electron chi connectivity index (χ4n) is 3.38. The van der Waals surface area contributed by atoms with Crippen LogP contribution in [0.3, 0.4) is 0 Å². The number of nitrogens with zero attached hydrogens (tertiary/aromatic N) is 3. The van der Waals surface area contributed by atoms with Crippen LogP contribution >= 0.6 is 11.6 Å². The number of benzene rings is 1. The molecule has 1 aliphatic carbocycles. The van der Waals surface area contributed by atoms with Crippen molar-refractivity contribution in [2.24, 2.45) is 0 Å². The van der Waals surface area contributed by atoms with Crippen molar-refractivity contribution in [1.29, 1.82) is 0 Å². The zero-order chi connectivity index (χ0) is 19.3. The second-order valence-corrected chi connectivity index (χ2v) is 7.31. The zero-order valence-electron chi connectivity index (χ0n) is 15.3. The molecule has 1 aromatic carbocycles. The fourth-order valence-corrected chi connectivity index (χ4v) is 3.59. The number of nitrogens with one attached hydrogen (secondary N) is 2. The molecule has 2 heterocycles. The molecule has 0 aliphatic heterocycles. The van der Waals surface area contributed by atoms with E-state index in [-0.39, 0.29) is 5.82 Å². The molecule has 2 N–H and O–H groups in total. The summed E-state index contributed by atoms with van der Waals surface area (Å²) in [4.78, 5) is 13.6. The smallest absolute Gasteiger partial charge is 0.225 e. The van der Waals surface area contributed by atoms with Crippen molar-refractivity contribution in [3.63, 3.8) is 0 Å². The van der Waals surface area contributed by atoms with Crippen molar-refractivity contribution < 1.29 is 4.39 Å². The van der Waals surface area contributed by atoms with Gasteiger partial charge >= 0.3 is 0 Å². The van der Waals surface area contributed by atoms with Gasteiger partial charge in [0.2, 0.25) is 5.95 Å². The van der Waals surface area contributed by atoms with Crippen LogP contribution in [-0.4, -0.2) is 21.0 Å². The van der Waals surface area contributed by atoms with E-state index in [1.807, 2.05) is 24.3 Å². The molecule has 144 valence electrons. The Morgan fingerprint density at radius 2 is 1.82 bits per heavy atom. The second kappa shape index (κ2) is 8.52. The van der Waals surface area contributed by atoms with E-state index in [0.717, 1.165) is 18.5 Å². The quantitative estimate of drug-likeness (QED) is 0.568. The lowest BCUT2D eigenvalue weighted by Gasteiger charge is -2.23. The zero-order valence-corrected chi connectivity index (χ0v) is 16.1. The highest BCUT2D eigenvalue weighted by Gasteiger charge is 2.16. The largest absolute Gasteiger partial charge is 0.351 e. The van der Waals surface area contributed by atoms with E-state index in [2.05, 4.69) is 25.6 Å². The predicted octanol–water partition coefficient (Wildman–Crippen LogP) is 5.82. The first-order valence-electron chi connectivity index (χ1n) is 9.46. The maximum Gasteiger partial charge on any atom is 0.225 e. The van der Waals surface area contributed by atoms with Gasteiger partial charge in [-0.3, -0.25) is 4.98 Å². The number of pyridine rings is 1. The van der Waals surface area contributed by atoms with Crippen LogP contribution in [0.4, 0.5) is 21.8 Å². The molecule has 7 heteroatoms. The highest BCUT2D eigenvalue weighted by molar-refractivity contribution is 6.33. The van der Waals surface area contributed by atoms with Gasteiger partial charge in [-0.05, 0) is 43.2 Å². The topological polar surface area (TPSA) is 62.7 Å². The summed E-state index contributed by atoms with van der Waals surface area (Å²) >= 11 is 6.16. The average molecular weight is 398 g/mol. The van der Waals surface area contributed by atoms with Crippen LogP contribution < -0.4 is 10.6 Å². The molecule has 5 nitrogen and oxygen atoms in total. The number of hydrogen-bond donors (Lipinski definition) is 2. The van der Waals surface area contributed by atoms with E-state index in [4.69, 9.17) is 11.6 Å². The van der Waals surface area contributed by atoms with Gasteiger partial charge in [0.1, 0.15) is 11.6 Å². The fraction of sp³-hybridized carbons (Fsp3) is 0.286. The number of anilines is 3. The number of hydrogen-bond acceptors (Lipinski definition) is 5. The molecule has 1 saturated carbocycles. The molecular formula is C21H21ClFN5. The van der Waals surface area contributed by atoms with Crippen molar-refractivity contribution in [2.75, 3.05) is 10.6 Å². The molecule has 1 fully saturated rings.